The third-order valence-electron chi connectivity index (χ3n) is 4.14. The van der Waals surface area contributed by atoms with Crippen molar-refractivity contribution in [2.75, 3.05) is 24.5 Å². The second-order valence-corrected chi connectivity index (χ2v) is 14.6. The lowest BCUT2D eigenvalue weighted by Gasteiger charge is -2.67. The van der Waals surface area contributed by atoms with Gasteiger partial charge in [0.15, 0.2) is 0 Å². The number of hydrogen-bond acceptors (Lipinski definition) is 0. The molecule has 1 saturated carbocycles. The van der Waals surface area contributed by atoms with Gasteiger partial charge in [0.1, 0.15) is 0 Å². The Bertz CT molecular complexity index is 195. The summed E-state index contributed by atoms with van der Waals surface area (Å²) >= 11 is 0. The first kappa shape index (κ1) is 11.4. The van der Waals surface area contributed by atoms with E-state index in [1.165, 1.54) is 25.0 Å². The number of thiol groups is 1. The second-order valence-electron chi connectivity index (χ2n) is 7.01. The summed E-state index contributed by atoms with van der Waals surface area (Å²) in [7, 11) is -1.32. The Balaban J connectivity index is 2.80. The van der Waals surface area contributed by atoms with Crippen LogP contribution in [-0.4, -0.2) is 29.8 Å². The molecule has 13 heavy (non-hydrogen) atoms. The van der Waals surface area contributed by atoms with Gasteiger partial charge in [-0.2, -0.15) is 0 Å². The molecule has 0 spiro atoms. The lowest BCUT2D eigenvalue weighted by atomic mass is 9.72. The molecule has 0 aromatic heterocycles. The Morgan fingerprint density at radius 2 is 1.77 bits per heavy atom. The van der Waals surface area contributed by atoms with Crippen molar-refractivity contribution in [1.82, 2.24) is 0 Å². The maximum absolute atomic E-state index is 2.60. The maximum Gasteiger partial charge on any atom is -0.0193 e. The van der Waals surface area contributed by atoms with Crippen molar-refractivity contribution in [2.45, 2.75) is 45.3 Å². The first-order valence-corrected chi connectivity index (χ1v) is 9.51. The molecule has 0 radical (unpaired) electrons. The van der Waals surface area contributed by atoms with E-state index in [2.05, 4.69) is 39.5 Å². The van der Waals surface area contributed by atoms with Gasteiger partial charge in [-0.15, -0.1) is 0 Å². The van der Waals surface area contributed by atoms with Crippen LogP contribution in [0.1, 0.15) is 40.0 Å². The van der Waals surface area contributed by atoms with Crippen LogP contribution in [0.3, 0.4) is 0 Å². The fourth-order valence-corrected chi connectivity index (χ4v) is 9.30. The first-order valence-electron chi connectivity index (χ1n) is 5.67. The van der Waals surface area contributed by atoms with Crippen molar-refractivity contribution in [1.29, 1.82) is 0 Å². The average molecular weight is 204 g/mol. The Labute approximate surface area is 84.8 Å². The summed E-state index contributed by atoms with van der Waals surface area (Å²) in [6, 6.07) is 0. The Morgan fingerprint density at radius 3 is 2.00 bits per heavy atom. The fourth-order valence-electron chi connectivity index (χ4n) is 3.58. The molecule has 1 atom stereocenters. The van der Waals surface area contributed by atoms with Crippen LogP contribution in [0.25, 0.3) is 0 Å². The molecule has 1 fully saturated rings. The van der Waals surface area contributed by atoms with Crippen LogP contribution in [0.15, 0.2) is 0 Å². The van der Waals surface area contributed by atoms with Gasteiger partial charge in [0.05, 0.1) is 0 Å². The topological polar surface area (TPSA) is 0 Å². The van der Waals surface area contributed by atoms with Crippen molar-refractivity contribution in [3.63, 3.8) is 0 Å². The van der Waals surface area contributed by atoms with E-state index in [9.17, 15) is 0 Å². The molecule has 1 rings (SSSR count). The molecule has 0 aliphatic heterocycles. The zero-order valence-corrected chi connectivity index (χ0v) is 11.2. The fraction of sp³-hybridized carbons (Fsp3) is 1.00. The van der Waals surface area contributed by atoms with Gasteiger partial charge in [0.2, 0.25) is 0 Å². The molecule has 0 saturated heterocycles. The van der Waals surface area contributed by atoms with E-state index in [0.29, 0.717) is 5.41 Å². The van der Waals surface area contributed by atoms with Crippen LogP contribution in [-0.2, 0) is 0 Å². The molecule has 0 heterocycles. The summed E-state index contributed by atoms with van der Waals surface area (Å²) in [5.74, 6) is 1.49. The summed E-state index contributed by atoms with van der Waals surface area (Å²) in [5.41, 5.74) is 0.644. The van der Waals surface area contributed by atoms with Gasteiger partial charge in [-0.1, -0.05) is 20.8 Å². The van der Waals surface area contributed by atoms with Gasteiger partial charge in [-0.05, 0) is 54.4 Å². The van der Waals surface area contributed by atoms with Crippen LogP contribution >= 0.6 is 9.16 Å². The standard InChI is InChI=1S/C12H28S/c1-7-10-13(4,5,6)11-8-9-12(11,2)3/h11,13H,7-10H2,1-6H3. The third kappa shape index (κ3) is 2.06. The quantitative estimate of drug-likeness (QED) is 0.668. The van der Waals surface area contributed by atoms with Crippen molar-refractivity contribution < 1.29 is 0 Å². The average Bonchev–Trinajstić information content (AvgIpc) is 1.81. The molecule has 0 nitrogen and oxygen atoms in total. The molecular formula is C12H28S. The molecule has 0 aromatic carbocycles. The largest absolute Gasteiger partial charge is 0.287 e. The summed E-state index contributed by atoms with van der Waals surface area (Å²) in [4.78, 5) is 0. The highest BCUT2D eigenvalue weighted by Crippen LogP contribution is 2.73. The lowest BCUT2D eigenvalue weighted by molar-refractivity contribution is 0.200. The van der Waals surface area contributed by atoms with Gasteiger partial charge >= 0.3 is 0 Å². The van der Waals surface area contributed by atoms with E-state index in [4.69, 9.17) is 0 Å². The minimum absolute atomic E-state index is 0.644. The van der Waals surface area contributed by atoms with E-state index in [1.807, 2.05) is 0 Å². The summed E-state index contributed by atoms with van der Waals surface area (Å²) < 4.78 is 0. The normalized spacial score (nSPS) is 30.3. The molecule has 0 bridgehead atoms. The SMILES string of the molecule is CCC[SH](C)(C)(C)C1CCC1(C)C. The van der Waals surface area contributed by atoms with E-state index >= 15 is 0 Å². The molecule has 1 aliphatic carbocycles. The Kier molecular flexibility index (Phi) is 2.56. The number of rotatable bonds is 3. The van der Waals surface area contributed by atoms with E-state index in [1.54, 1.807) is 0 Å². The van der Waals surface area contributed by atoms with Crippen LogP contribution in [0.4, 0.5) is 0 Å². The van der Waals surface area contributed by atoms with Gasteiger partial charge in [-0.3, -0.25) is 9.16 Å². The molecule has 0 aromatic rings. The molecule has 1 unspecified atom stereocenters. The van der Waals surface area contributed by atoms with Crippen LogP contribution < -0.4 is 0 Å². The molecule has 82 valence electrons. The molecule has 1 heteroatoms. The van der Waals surface area contributed by atoms with Gasteiger partial charge in [-0.25, -0.2) is 0 Å². The van der Waals surface area contributed by atoms with Crippen LogP contribution in [0, 0.1) is 5.41 Å². The highest BCUT2D eigenvalue weighted by atomic mass is 32.3. The van der Waals surface area contributed by atoms with E-state index in [0.717, 1.165) is 5.25 Å². The van der Waals surface area contributed by atoms with Crippen molar-refractivity contribution in [3.8, 4) is 0 Å². The summed E-state index contributed by atoms with van der Waals surface area (Å²) in [6.45, 7) is 7.27. The van der Waals surface area contributed by atoms with Crippen LogP contribution in [0.2, 0.25) is 0 Å². The maximum atomic E-state index is 2.60. The van der Waals surface area contributed by atoms with Crippen molar-refractivity contribution in [3.05, 3.63) is 0 Å². The van der Waals surface area contributed by atoms with E-state index < -0.39 is 9.16 Å². The molecule has 0 N–H and O–H groups in total. The highest BCUT2D eigenvalue weighted by molar-refractivity contribution is 8.48. The lowest BCUT2D eigenvalue weighted by Crippen LogP contribution is -2.49. The zero-order chi connectivity index (χ0) is 10.4. The van der Waals surface area contributed by atoms with Gasteiger partial charge < -0.3 is 0 Å². The zero-order valence-electron chi connectivity index (χ0n) is 10.4. The first-order chi connectivity index (χ1) is 5.67. The Hall–Kier alpha value is 0.350. The number of hydrogen-bond donors (Lipinski definition) is 1. The minimum Gasteiger partial charge on any atom is -0.287 e. The summed E-state index contributed by atoms with van der Waals surface area (Å²) in [5, 5.41) is 1.04. The second kappa shape index (κ2) is 2.92. The smallest absolute Gasteiger partial charge is 0.0193 e. The molecular weight excluding hydrogens is 176 g/mol. The van der Waals surface area contributed by atoms with E-state index in [-0.39, 0.29) is 0 Å². The third-order valence-corrected chi connectivity index (χ3v) is 9.46. The predicted molar refractivity (Wildman–Crippen MR) is 68.7 cm³/mol. The summed E-state index contributed by atoms with van der Waals surface area (Å²) in [6.07, 6.45) is 12.1. The highest BCUT2D eigenvalue weighted by Gasteiger charge is 2.49. The Morgan fingerprint density at radius 1 is 1.23 bits per heavy atom. The predicted octanol–water partition coefficient (Wildman–Crippen LogP) is 3.55. The van der Waals surface area contributed by atoms with Crippen molar-refractivity contribution in [2.24, 2.45) is 5.41 Å². The van der Waals surface area contributed by atoms with Gasteiger partial charge in [0.25, 0.3) is 0 Å². The monoisotopic (exact) mass is 204 g/mol. The van der Waals surface area contributed by atoms with Crippen LogP contribution in [0.5, 0.6) is 0 Å². The molecule has 0 amide bonds. The van der Waals surface area contributed by atoms with Gasteiger partial charge in [0, 0.05) is 0 Å². The molecule has 1 aliphatic rings. The minimum atomic E-state index is -1.32. The van der Waals surface area contributed by atoms with Crippen molar-refractivity contribution >= 4 is 9.16 Å².